The lowest BCUT2D eigenvalue weighted by molar-refractivity contribution is -0.113. The molecule has 0 radical (unpaired) electrons. The molecule has 0 unspecified atom stereocenters. The van der Waals surface area contributed by atoms with Gasteiger partial charge in [-0.15, -0.1) is 21.5 Å². The van der Waals surface area contributed by atoms with Gasteiger partial charge in [-0.1, -0.05) is 65.3 Å². The van der Waals surface area contributed by atoms with Gasteiger partial charge in [0.2, 0.25) is 5.91 Å². The smallest absolute Gasteiger partial charge is 0.236 e. The third-order valence-electron chi connectivity index (χ3n) is 4.27. The summed E-state index contributed by atoms with van der Waals surface area (Å²) in [6.07, 6.45) is 0. The van der Waals surface area contributed by atoms with Crippen molar-refractivity contribution in [1.29, 1.82) is 0 Å². The number of nitrogens with zero attached hydrogens (tertiary/aromatic N) is 4. The molecule has 0 spiro atoms. The summed E-state index contributed by atoms with van der Waals surface area (Å²) in [4.78, 5) is 16.6. The van der Waals surface area contributed by atoms with Gasteiger partial charge < -0.3 is 5.32 Å². The molecule has 1 N–H and O–H groups in total. The van der Waals surface area contributed by atoms with E-state index in [-0.39, 0.29) is 11.7 Å². The second-order valence-electron chi connectivity index (χ2n) is 6.63. The van der Waals surface area contributed by atoms with Crippen molar-refractivity contribution in [2.24, 2.45) is 0 Å². The highest BCUT2D eigenvalue weighted by Crippen LogP contribution is 2.32. The number of amides is 1. The molecule has 158 valence electrons. The van der Waals surface area contributed by atoms with Crippen molar-refractivity contribution < 1.29 is 4.79 Å². The lowest BCUT2D eigenvalue weighted by Gasteiger charge is -2.11. The first-order valence-corrected chi connectivity index (χ1v) is 11.9. The van der Waals surface area contributed by atoms with Gasteiger partial charge in [0.15, 0.2) is 16.1 Å². The number of thiazole rings is 1. The van der Waals surface area contributed by atoms with Crippen molar-refractivity contribution >= 4 is 57.3 Å². The molecule has 4 rings (SSSR count). The summed E-state index contributed by atoms with van der Waals surface area (Å²) in [5.74, 6) is 0.642. The van der Waals surface area contributed by atoms with E-state index in [1.165, 1.54) is 23.1 Å². The van der Waals surface area contributed by atoms with E-state index in [0.29, 0.717) is 32.7 Å². The molecular formula is C21H17Cl2N5OS2. The third kappa shape index (κ3) is 5.46. The summed E-state index contributed by atoms with van der Waals surface area (Å²) in [6.45, 7) is 2.42. The second-order valence-corrected chi connectivity index (χ2v) is 9.28. The van der Waals surface area contributed by atoms with Crippen LogP contribution in [-0.2, 0) is 11.3 Å². The molecule has 31 heavy (non-hydrogen) atoms. The van der Waals surface area contributed by atoms with Crippen LogP contribution in [0.4, 0.5) is 5.13 Å². The number of carbonyl (C=O) groups excluding carboxylic acids is 1. The van der Waals surface area contributed by atoms with Crippen LogP contribution in [0.3, 0.4) is 0 Å². The summed E-state index contributed by atoms with van der Waals surface area (Å²) >= 11 is 15.2. The lowest BCUT2D eigenvalue weighted by atomic mass is 10.2. The van der Waals surface area contributed by atoms with Gasteiger partial charge in [-0.2, -0.15) is 0 Å². The molecule has 2 aromatic heterocycles. The van der Waals surface area contributed by atoms with Crippen LogP contribution in [0.25, 0.3) is 11.4 Å². The van der Waals surface area contributed by atoms with Crippen LogP contribution in [0.2, 0.25) is 10.0 Å². The first kappa shape index (κ1) is 21.8. The number of aromatic nitrogens is 4. The van der Waals surface area contributed by atoms with Crippen molar-refractivity contribution in [3.63, 3.8) is 0 Å². The Labute approximate surface area is 197 Å². The Morgan fingerprint density at radius 2 is 1.97 bits per heavy atom. The molecule has 0 aliphatic heterocycles. The fourth-order valence-electron chi connectivity index (χ4n) is 2.87. The lowest BCUT2D eigenvalue weighted by Crippen LogP contribution is -2.14. The highest BCUT2D eigenvalue weighted by Gasteiger charge is 2.18. The molecule has 0 bridgehead atoms. The molecule has 2 aromatic carbocycles. The molecule has 4 aromatic rings. The summed E-state index contributed by atoms with van der Waals surface area (Å²) in [7, 11) is 0. The summed E-state index contributed by atoms with van der Waals surface area (Å²) in [5.41, 5.74) is 2.68. The molecule has 2 heterocycles. The third-order valence-corrected chi connectivity index (χ3v) is 6.66. The van der Waals surface area contributed by atoms with Gasteiger partial charge in [0, 0.05) is 16.0 Å². The minimum atomic E-state index is -0.153. The van der Waals surface area contributed by atoms with Gasteiger partial charge >= 0.3 is 0 Å². The van der Waals surface area contributed by atoms with Crippen LogP contribution in [-0.4, -0.2) is 31.4 Å². The SMILES string of the molecule is Cc1csc(NC(=O)CSc2nnc(-c3ccc(Cl)cc3Cl)n2Cc2ccccc2)n1. The van der Waals surface area contributed by atoms with Gasteiger partial charge in [0.1, 0.15) is 0 Å². The van der Waals surface area contributed by atoms with Crippen LogP contribution in [0.1, 0.15) is 11.3 Å². The fourth-order valence-corrected chi connectivity index (χ4v) is 4.81. The van der Waals surface area contributed by atoms with E-state index < -0.39 is 0 Å². The van der Waals surface area contributed by atoms with Crippen molar-refractivity contribution in [3.05, 3.63) is 75.2 Å². The van der Waals surface area contributed by atoms with Crippen molar-refractivity contribution in [1.82, 2.24) is 19.7 Å². The maximum Gasteiger partial charge on any atom is 0.236 e. The molecule has 6 nitrogen and oxygen atoms in total. The Kier molecular flexibility index (Phi) is 6.92. The number of halogens is 2. The molecule has 0 saturated carbocycles. The Hall–Kier alpha value is -2.39. The van der Waals surface area contributed by atoms with Crippen LogP contribution in [0.5, 0.6) is 0 Å². The Morgan fingerprint density at radius 3 is 2.68 bits per heavy atom. The van der Waals surface area contributed by atoms with Crippen molar-refractivity contribution in [2.75, 3.05) is 11.1 Å². The zero-order chi connectivity index (χ0) is 21.8. The van der Waals surface area contributed by atoms with Crippen LogP contribution in [0.15, 0.2) is 59.1 Å². The van der Waals surface area contributed by atoms with E-state index in [9.17, 15) is 4.79 Å². The standard InChI is InChI=1S/C21H17Cl2N5OS2/c1-13-11-30-20(24-13)25-18(29)12-31-21-27-26-19(16-8-7-15(22)9-17(16)23)28(21)10-14-5-3-2-4-6-14/h2-9,11H,10,12H2,1H3,(H,24,25,29). The topological polar surface area (TPSA) is 72.7 Å². The highest BCUT2D eigenvalue weighted by atomic mass is 35.5. The van der Waals surface area contributed by atoms with E-state index >= 15 is 0 Å². The quantitative estimate of drug-likeness (QED) is 0.332. The number of anilines is 1. The monoisotopic (exact) mass is 489 g/mol. The van der Waals surface area contributed by atoms with Gasteiger partial charge in [-0.05, 0) is 30.7 Å². The number of benzene rings is 2. The van der Waals surface area contributed by atoms with Crippen LogP contribution < -0.4 is 5.32 Å². The fraction of sp³-hybridized carbons (Fsp3) is 0.143. The van der Waals surface area contributed by atoms with Crippen molar-refractivity contribution in [3.8, 4) is 11.4 Å². The van der Waals surface area contributed by atoms with Gasteiger partial charge in [0.05, 0.1) is 23.0 Å². The van der Waals surface area contributed by atoms with Gasteiger partial charge in [-0.25, -0.2) is 4.98 Å². The van der Waals surface area contributed by atoms with E-state index in [4.69, 9.17) is 23.2 Å². The Bertz CT molecular complexity index is 1210. The van der Waals surface area contributed by atoms with E-state index in [0.717, 1.165) is 16.8 Å². The number of nitrogens with one attached hydrogen (secondary N) is 1. The minimum Gasteiger partial charge on any atom is -0.301 e. The molecule has 1 amide bonds. The average Bonchev–Trinajstić information content (AvgIpc) is 3.33. The summed E-state index contributed by atoms with van der Waals surface area (Å²) < 4.78 is 1.95. The molecule has 0 aliphatic rings. The molecule has 0 fully saturated rings. The van der Waals surface area contributed by atoms with E-state index in [1.807, 2.05) is 53.3 Å². The largest absolute Gasteiger partial charge is 0.301 e. The number of aryl methyl sites for hydroxylation is 1. The second kappa shape index (κ2) is 9.82. The normalized spacial score (nSPS) is 10.9. The van der Waals surface area contributed by atoms with Gasteiger partial charge in [-0.3, -0.25) is 9.36 Å². The van der Waals surface area contributed by atoms with E-state index in [2.05, 4.69) is 20.5 Å². The van der Waals surface area contributed by atoms with Crippen molar-refractivity contribution in [2.45, 2.75) is 18.6 Å². The number of rotatable bonds is 7. The first-order chi connectivity index (χ1) is 15.0. The molecule has 0 aliphatic carbocycles. The first-order valence-electron chi connectivity index (χ1n) is 9.27. The maximum atomic E-state index is 12.4. The maximum absolute atomic E-state index is 12.4. The van der Waals surface area contributed by atoms with Gasteiger partial charge in [0.25, 0.3) is 0 Å². The predicted octanol–water partition coefficient (Wildman–Crippen LogP) is 5.80. The number of carbonyl (C=O) groups is 1. The highest BCUT2D eigenvalue weighted by molar-refractivity contribution is 7.99. The predicted molar refractivity (Wildman–Crippen MR) is 127 cm³/mol. The zero-order valence-corrected chi connectivity index (χ0v) is 19.5. The number of hydrogen-bond donors (Lipinski definition) is 1. The molecule has 10 heteroatoms. The van der Waals surface area contributed by atoms with Crippen LogP contribution >= 0.6 is 46.3 Å². The Morgan fingerprint density at radius 1 is 1.16 bits per heavy atom. The molecular weight excluding hydrogens is 473 g/mol. The Balaban J connectivity index is 1.59. The summed E-state index contributed by atoms with van der Waals surface area (Å²) in [5, 5.41) is 15.6. The molecule has 0 atom stereocenters. The zero-order valence-electron chi connectivity index (χ0n) is 16.4. The average molecular weight is 490 g/mol. The van der Waals surface area contributed by atoms with E-state index in [1.54, 1.807) is 12.1 Å². The van der Waals surface area contributed by atoms with Crippen LogP contribution in [0, 0.1) is 6.92 Å². The molecule has 0 saturated heterocycles. The number of hydrogen-bond acceptors (Lipinski definition) is 6. The summed E-state index contributed by atoms with van der Waals surface area (Å²) in [6, 6.07) is 15.2. The minimum absolute atomic E-state index is 0.153. The number of thioether (sulfide) groups is 1.